The van der Waals surface area contributed by atoms with E-state index in [0.29, 0.717) is 6.54 Å². The number of methoxy groups -OCH3 is 1. The molecule has 0 atom stereocenters. The second kappa shape index (κ2) is 4.63. The van der Waals surface area contributed by atoms with Crippen molar-refractivity contribution in [3.8, 4) is 16.3 Å². The second-order valence-electron chi connectivity index (χ2n) is 3.52. The average molecular weight is 234 g/mol. The molecule has 2 aromatic rings. The zero-order valence-corrected chi connectivity index (χ0v) is 10.2. The summed E-state index contributed by atoms with van der Waals surface area (Å²) in [5.74, 6) is 0.902. The van der Waals surface area contributed by atoms with Crippen molar-refractivity contribution in [2.45, 2.75) is 13.5 Å². The summed E-state index contributed by atoms with van der Waals surface area (Å²) in [7, 11) is 1.68. The summed E-state index contributed by atoms with van der Waals surface area (Å²) in [6.07, 6.45) is 1.83. The van der Waals surface area contributed by atoms with Gasteiger partial charge in [0.15, 0.2) is 0 Å². The largest absolute Gasteiger partial charge is 0.496 e. The van der Waals surface area contributed by atoms with E-state index in [2.05, 4.69) is 11.1 Å². The van der Waals surface area contributed by atoms with Gasteiger partial charge in [0.1, 0.15) is 10.8 Å². The highest BCUT2D eigenvalue weighted by Crippen LogP contribution is 2.28. The monoisotopic (exact) mass is 234 g/mol. The van der Waals surface area contributed by atoms with Crippen LogP contribution >= 0.6 is 11.3 Å². The SMILES string of the molecule is COc1ccc(-c2ncc(CN)s2)cc1C. The molecular formula is C12H14N2OS. The molecule has 1 aromatic heterocycles. The Morgan fingerprint density at radius 3 is 2.81 bits per heavy atom. The van der Waals surface area contributed by atoms with Gasteiger partial charge < -0.3 is 10.5 Å². The zero-order valence-electron chi connectivity index (χ0n) is 9.36. The summed E-state index contributed by atoms with van der Waals surface area (Å²) < 4.78 is 5.23. The Kier molecular flexibility index (Phi) is 3.22. The summed E-state index contributed by atoms with van der Waals surface area (Å²) in [6, 6.07) is 6.07. The van der Waals surface area contributed by atoms with Gasteiger partial charge in [0.2, 0.25) is 0 Å². The third-order valence-electron chi connectivity index (χ3n) is 2.40. The molecule has 2 N–H and O–H groups in total. The average Bonchev–Trinajstić information content (AvgIpc) is 2.77. The van der Waals surface area contributed by atoms with Gasteiger partial charge in [-0.05, 0) is 30.7 Å². The molecule has 1 heterocycles. The summed E-state index contributed by atoms with van der Waals surface area (Å²) in [5.41, 5.74) is 7.80. The van der Waals surface area contributed by atoms with Crippen molar-refractivity contribution < 1.29 is 4.74 Å². The number of nitrogens with two attached hydrogens (primary N) is 1. The van der Waals surface area contributed by atoms with Crippen molar-refractivity contribution in [3.63, 3.8) is 0 Å². The first-order valence-electron chi connectivity index (χ1n) is 5.04. The van der Waals surface area contributed by atoms with Crippen LogP contribution in [0.5, 0.6) is 5.75 Å². The third-order valence-corrected chi connectivity index (χ3v) is 3.47. The van der Waals surface area contributed by atoms with Gasteiger partial charge >= 0.3 is 0 Å². The Labute approximate surface area is 98.9 Å². The van der Waals surface area contributed by atoms with Crippen LogP contribution in [0.15, 0.2) is 24.4 Å². The highest BCUT2D eigenvalue weighted by molar-refractivity contribution is 7.15. The fraction of sp³-hybridized carbons (Fsp3) is 0.250. The Balaban J connectivity index is 2.37. The maximum Gasteiger partial charge on any atom is 0.123 e. The molecular weight excluding hydrogens is 220 g/mol. The van der Waals surface area contributed by atoms with E-state index in [0.717, 1.165) is 26.8 Å². The molecule has 84 valence electrons. The van der Waals surface area contributed by atoms with E-state index < -0.39 is 0 Å². The molecule has 0 spiro atoms. The summed E-state index contributed by atoms with van der Waals surface area (Å²) >= 11 is 1.63. The maximum absolute atomic E-state index is 5.57. The van der Waals surface area contributed by atoms with Crippen LogP contribution in [-0.2, 0) is 6.54 Å². The lowest BCUT2D eigenvalue weighted by Gasteiger charge is -2.05. The van der Waals surface area contributed by atoms with Crippen LogP contribution in [0.1, 0.15) is 10.4 Å². The number of nitrogens with zero attached hydrogens (tertiary/aromatic N) is 1. The van der Waals surface area contributed by atoms with Crippen LogP contribution in [0.25, 0.3) is 10.6 Å². The van der Waals surface area contributed by atoms with E-state index in [9.17, 15) is 0 Å². The Hall–Kier alpha value is -1.39. The third kappa shape index (κ3) is 2.08. The molecule has 0 amide bonds. The van der Waals surface area contributed by atoms with E-state index >= 15 is 0 Å². The molecule has 0 aliphatic rings. The van der Waals surface area contributed by atoms with Gasteiger partial charge in [-0.2, -0.15) is 0 Å². The van der Waals surface area contributed by atoms with Crippen LogP contribution < -0.4 is 10.5 Å². The first-order valence-corrected chi connectivity index (χ1v) is 5.86. The lowest BCUT2D eigenvalue weighted by atomic mass is 10.1. The van der Waals surface area contributed by atoms with Crippen molar-refractivity contribution in [2.75, 3.05) is 7.11 Å². The molecule has 0 fully saturated rings. The van der Waals surface area contributed by atoms with E-state index in [4.69, 9.17) is 10.5 Å². The molecule has 4 heteroatoms. The van der Waals surface area contributed by atoms with Gasteiger partial charge in [0.05, 0.1) is 7.11 Å². The second-order valence-corrected chi connectivity index (χ2v) is 4.64. The van der Waals surface area contributed by atoms with Crippen LogP contribution in [0.2, 0.25) is 0 Å². The van der Waals surface area contributed by atoms with Gasteiger partial charge in [-0.15, -0.1) is 11.3 Å². The molecule has 0 aliphatic carbocycles. The smallest absolute Gasteiger partial charge is 0.123 e. The van der Waals surface area contributed by atoms with E-state index in [1.165, 1.54) is 0 Å². The van der Waals surface area contributed by atoms with Crippen molar-refractivity contribution >= 4 is 11.3 Å². The quantitative estimate of drug-likeness (QED) is 0.888. The number of hydrogen-bond acceptors (Lipinski definition) is 4. The van der Waals surface area contributed by atoms with Gasteiger partial charge in [0.25, 0.3) is 0 Å². The number of ether oxygens (including phenoxy) is 1. The molecule has 0 aliphatic heterocycles. The normalized spacial score (nSPS) is 10.4. The van der Waals surface area contributed by atoms with E-state index in [-0.39, 0.29) is 0 Å². The van der Waals surface area contributed by atoms with Crippen molar-refractivity contribution in [3.05, 3.63) is 34.8 Å². The first-order chi connectivity index (χ1) is 7.74. The number of hydrogen-bond donors (Lipinski definition) is 1. The topological polar surface area (TPSA) is 48.1 Å². The summed E-state index contributed by atoms with van der Waals surface area (Å²) in [4.78, 5) is 5.45. The molecule has 0 bridgehead atoms. The number of rotatable bonds is 3. The van der Waals surface area contributed by atoms with Gasteiger partial charge in [-0.1, -0.05) is 0 Å². The van der Waals surface area contributed by atoms with Gasteiger partial charge in [-0.3, -0.25) is 0 Å². The summed E-state index contributed by atoms with van der Waals surface area (Å²) in [6.45, 7) is 2.58. The van der Waals surface area contributed by atoms with Gasteiger partial charge in [0, 0.05) is 23.2 Å². The van der Waals surface area contributed by atoms with E-state index in [1.807, 2.05) is 25.3 Å². The number of thiazole rings is 1. The highest BCUT2D eigenvalue weighted by Gasteiger charge is 2.06. The van der Waals surface area contributed by atoms with Gasteiger partial charge in [-0.25, -0.2) is 4.98 Å². The predicted octanol–water partition coefficient (Wildman–Crippen LogP) is 2.59. The Morgan fingerprint density at radius 2 is 2.25 bits per heavy atom. The summed E-state index contributed by atoms with van der Waals surface area (Å²) in [5, 5.41) is 1.01. The maximum atomic E-state index is 5.57. The van der Waals surface area contributed by atoms with Crippen molar-refractivity contribution in [1.82, 2.24) is 4.98 Å². The molecule has 16 heavy (non-hydrogen) atoms. The lowest BCUT2D eigenvalue weighted by molar-refractivity contribution is 0.412. The minimum atomic E-state index is 0.548. The number of aromatic nitrogens is 1. The van der Waals surface area contributed by atoms with Crippen molar-refractivity contribution in [2.24, 2.45) is 5.73 Å². The molecule has 0 saturated carbocycles. The van der Waals surface area contributed by atoms with Crippen LogP contribution in [0, 0.1) is 6.92 Å². The fourth-order valence-electron chi connectivity index (χ4n) is 1.55. The standard InChI is InChI=1S/C12H14N2OS/c1-8-5-9(3-4-11(8)15-2)12-14-7-10(6-13)16-12/h3-5,7H,6,13H2,1-2H3. The molecule has 1 aromatic carbocycles. The highest BCUT2D eigenvalue weighted by atomic mass is 32.1. The molecule has 0 radical (unpaired) electrons. The molecule has 0 unspecified atom stereocenters. The zero-order chi connectivity index (χ0) is 11.5. The molecule has 2 rings (SSSR count). The molecule has 0 saturated heterocycles. The van der Waals surface area contributed by atoms with Crippen LogP contribution in [0.4, 0.5) is 0 Å². The Bertz CT molecular complexity index is 494. The van der Waals surface area contributed by atoms with Crippen molar-refractivity contribution in [1.29, 1.82) is 0 Å². The number of benzene rings is 1. The van der Waals surface area contributed by atoms with Crippen LogP contribution in [0.3, 0.4) is 0 Å². The minimum absolute atomic E-state index is 0.548. The Morgan fingerprint density at radius 1 is 1.44 bits per heavy atom. The van der Waals surface area contributed by atoms with Crippen LogP contribution in [-0.4, -0.2) is 12.1 Å². The fourth-order valence-corrected chi connectivity index (χ4v) is 2.33. The minimum Gasteiger partial charge on any atom is -0.496 e. The molecule has 3 nitrogen and oxygen atoms in total. The lowest BCUT2D eigenvalue weighted by Crippen LogP contribution is -1.91. The van der Waals surface area contributed by atoms with E-state index in [1.54, 1.807) is 18.4 Å². The number of aryl methyl sites for hydroxylation is 1. The first kappa shape index (κ1) is 11.1. The predicted molar refractivity (Wildman–Crippen MR) is 66.7 cm³/mol.